The second-order valence-electron chi connectivity index (χ2n) is 5.89. The molecular weight excluding hydrogens is 390 g/mol. The van der Waals surface area contributed by atoms with Crippen LogP contribution in [-0.2, 0) is 4.74 Å². The van der Waals surface area contributed by atoms with Gasteiger partial charge in [-0.1, -0.05) is 11.6 Å². The van der Waals surface area contributed by atoms with Crippen LogP contribution in [0.25, 0.3) is 0 Å². The summed E-state index contributed by atoms with van der Waals surface area (Å²) < 4.78 is 4.97. The minimum atomic E-state index is -0.418. The van der Waals surface area contributed by atoms with Crippen molar-refractivity contribution in [3.63, 3.8) is 0 Å². The van der Waals surface area contributed by atoms with Crippen LogP contribution in [-0.4, -0.2) is 18.4 Å². The second-order valence-corrected chi connectivity index (χ2v) is 6.30. The number of carbonyl (C=O) groups is 1. The molecule has 1 aliphatic heterocycles. The van der Waals surface area contributed by atoms with E-state index < -0.39 is 5.97 Å². The van der Waals surface area contributed by atoms with E-state index in [0.29, 0.717) is 40.1 Å². The molecule has 0 radical (unpaired) electrons. The summed E-state index contributed by atoms with van der Waals surface area (Å²) in [6, 6.07) is 14.0. The lowest BCUT2D eigenvalue weighted by atomic mass is 10.2. The number of aliphatic imine (C=N–C) groups is 1. The third kappa shape index (κ3) is 5.37. The predicted molar refractivity (Wildman–Crippen MR) is 114 cm³/mol. The molecule has 0 saturated carbocycles. The maximum atomic E-state index is 11.8. The molecule has 0 saturated heterocycles. The second kappa shape index (κ2) is 9.44. The molecule has 0 bridgehead atoms. The number of anilines is 2. The van der Waals surface area contributed by atoms with Crippen LogP contribution in [0, 0.1) is 11.3 Å². The fraction of sp³-hybridized carbons (Fsp3) is 0.0952. The van der Waals surface area contributed by atoms with Crippen molar-refractivity contribution in [2.75, 3.05) is 17.2 Å². The van der Waals surface area contributed by atoms with Gasteiger partial charge >= 0.3 is 5.97 Å². The molecule has 2 aromatic rings. The third-order valence-corrected chi connectivity index (χ3v) is 4.16. The molecule has 0 amide bonds. The van der Waals surface area contributed by atoms with Crippen LogP contribution in [0.3, 0.4) is 0 Å². The number of carbonyl (C=O) groups excluding carboxylic acids is 1. The maximum Gasteiger partial charge on any atom is 0.338 e. The van der Waals surface area contributed by atoms with Gasteiger partial charge in [-0.15, -0.1) is 0 Å². The Morgan fingerprint density at radius 2 is 2.03 bits per heavy atom. The molecule has 0 atom stereocenters. The van der Waals surface area contributed by atoms with Gasteiger partial charge in [0.05, 0.1) is 40.7 Å². The fourth-order valence-corrected chi connectivity index (χ4v) is 2.67. The number of nitriles is 1. The molecule has 29 heavy (non-hydrogen) atoms. The summed E-state index contributed by atoms with van der Waals surface area (Å²) in [6.45, 7) is 2.05. The van der Waals surface area contributed by atoms with E-state index in [-0.39, 0.29) is 0 Å². The van der Waals surface area contributed by atoms with Crippen LogP contribution in [0.15, 0.2) is 71.8 Å². The van der Waals surface area contributed by atoms with E-state index in [4.69, 9.17) is 21.6 Å². The molecular formula is C21H18ClN5O2. The summed E-state index contributed by atoms with van der Waals surface area (Å²) >= 11 is 6.28. The molecule has 0 aromatic heterocycles. The average molecular weight is 408 g/mol. The highest BCUT2D eigenvalue weighted by molar-refractivity contribution is 6.34. The van der Waals surface area contributed by atoms with E-state index in [9.17, 15) is 4.79 Å². The van der Waals surface area contributed by atoms with Gasteiger partial charge in [0.15, 0.2) is 0 Å². The minimum Gasteiger partial charge on any atom is -0.462 e. The number of rotatable bonds is 5. The molecule has 3 N–H and O–H groups in total. The van der Waals surface area contributed by atoms with Crippen molar-refractivity contribution in [3.05, 3.63) is 82.9 Å². The Morgan fingerprint density at radius 3 is 2.72 bits per heavy atom. The summed E-state index contributed by atoms with van der Waals surface area (Å²) in [5.74, 6) is 0.796. The molecule has 0 unspecified atom stereocenters. The van der Waals surface area contributed by atoms with E-state index in [1.54, 1.807) is 55.7 Å². The van der Waals surface area contributed by atoms with Crippen LogP contribution < -0.4 is 16.0 Å². The first-order chi connectivity index (χ1) is 14.1. The Kier molecular flexibility index (Phi) is 6.51. The number of amidine groups is 1. The zero-order chi connectivity index (χ0) is 20.6. The largest absolute Gasteiger partial charge is 0.462 e. The van der Waals surface area contributed by atoms with Crippen molar-refractivity contribution in [1.29, 1.82) is 5.26 Å². The Morgan fingerprint density at radius 1 is 1.24 bits per heavy atom. The number of hydrogen-bond acceptors (Lipinski definition) is 7. The Balaban J connectivity index is 1.70. The van der Waals surface area contributed by atoms with E-state index in [1.165, 1.54) is 0 Å². The Labute approximate surface area is 173 Å². The van der Waals surface area contributed by atoms with Crippen LogP contribution in [0.2, 0.25) is 5.02 Å². The van der Waals surface area contributed by atoms with Gasteiger partial charge < -0.3 is 20.7 Å². The van der Waals surface area contributed by atoms with Crippen molar-refractivity contribution in [1.82, 2.24) is 5.32 Å². The van der Waals surface area contributed by atoms with E-state index in [1.807, 2.05) is 12.1 Å². The number of ether oxygens (including phenoxy) is 1. The van der Waals surface area contributed by atoms with Gasteiger partial charge in [-0.2, -0.15) is 5.26 Å². The normalized spacial score (nSPS) is 12.6. The zero-order valence-corrected chi connectivity index (χ0v) is 16.3. The minimum absolute atomic E-state index is 0.302. The van der Waals surface area contributed by atoms with Crippen molar-refractivity contribution in [2.24, 2.45) is 4.99 Å². The number of esters is 1. The summed E-state index contributed by atoms with van der Waals surface area (Å²) in [4.78, 5) is 16.2. The summed E-state index contributed by atoms with van der Waals surface area (Å²) in [7, 11) is 0. The van der Waals surface area contributed by atoms with Crippen molar-refractivity contribution >= 4 is 34.8 Å². The van der Waals surface area contributed by atoms with Crippen molar-refractivity contribution in [2.45, 2.75) is 6.92 Å². The van der Waals surface area contributed by atoms with Crippen LogP contribution in [0.4, 0.5) is 11.4 Å². The number of nitrogens with one attached hydrogen (secondary N) is 3. The first-order valence-corrected chi connectivity index (χ1v) is 9.19. The van der Waals surface area contributed by atoms with Gasteiger partial charge in [-0.05, 0) is 55.5 Å². The molecule has 7 nitrogen and oxygen atoms in total. The zero-order valence-electron chi connectivity index (χ0n) is 15.6. The molecule has 1 aliphatic rings. The first-order valence-electron chi connectivity index (χ1n) is 8.81. The Bertz CT molecular complexity index is 1040. The monoisotopic (exact) mass is 407 g/mol. The standard InChI is InChI=1S/C21H18ClN5O2/c1-2-29-21(28)15-5-8-18(17(22)11-15)27-19-9-10-24-20(13-25-19)26-16-6-3-14(12-23)4-7-16/h3-11,13,24,26H,2H2,1H3,(H,25,27). The molecule has 1 heterocycles. The number of nitrogens with zero attached hydrogens (tertiary/aromatic N) is 2. The lowest BCUT2D eigenvalue weighted by Gasteiger charge is -2.09. The highest BCUT2D eigenvalue weighted by Gasteiger charge is 2.10. The summed E-state index contributed by atoms with van der Waals surface area (Å²) in [5.41, 5.74) is 2.41. The number of benzene rings is 2. The number of hydrogen-bond donors (Lipinski definition) is 3. The van der Waals surface area contributed by atoms with E-state index >= 15 is 0 Å². The van der Waals surface area contributed by atoms with Gasteiger partial charge in [0, 0.05) is 11.9 Å². The van der Waals surface area contributed by atoms with Gasteiger partial charge in [-0.3, -0.25) is 0 Å². The lowest BCUT2D eigenvalue weighted by molar-refractivity contribution is 0.0526. The van der Waals surface area contributed by atoms with Gasteiger partial charge in [0.25, 0.3) is 0 Å². The van der Waals surface area contributed by atoms with Crippen LogP contribution in [0.1, 0.15) is 22.8 Å². The topological polar surface area (TPSA) is 98.5 Å². The van der Waals surface area contributed by atoms with Crippen molar-refractivity contribution < 1.29 is 9.53 Å². The maximum absolute atomic E-state index is 11.8. The molecule has 0 aliphatic carbocycles. The van der Waals surface area contributed by atoms with Gasteiger partial charge in [0.2, 0.25) is 0 Å². The van der Waals surface area contributed by atoms with Crippen LogP contribution >= 0.6 is 11.6 Å². The quantitative estimate of drug-likeness (QED) is 0.641. The fourth-order valence-electron chi connectivity index (χ4n) is 2.45. The first kappa shape index (κ1) is 20.0. The highest BCUT2D eigenvalue weighted by atomic mass is 35.5. The average Bonchev–Trinajstić information content (AvgIpc) is 2.95. The van der Waals surface area contributed by atoms with Gasteiger partial charge in [-0.25, -0.2) is 9.79 Å². The lowest BCUT2D eigenvalue weighted by Crippen LogP contribution is -2.13. The molecule has 3 rings (SSSR count). The van der Waals surface area contributed by atoms with Crippen LogP contribution in [0.5, 0.6) is 0 Å². The molecule has 0 spiro atoms. The highest BCUT2D eigenvalue weighted by Crippen LogP contribution is 2.24. The third-order valence-electron chi connectivity index (χ3n) is 3.85. The van der Waals surface area contributed by atoms with E-state index in [0.717, 1.165) is 5.69 Å². The Hall–Kier alpha value is -3.76. The van der Waals surface area contributed by atoms with E-state index in [2.05, 4.69) is 27.0 Å². The summed E-state index contributed by atoms with van der Waals surface area (Å²) in [5, 5.41) is 18.6. The predicted octanol–water partition coefficient (Wildman–Crippen LogP) is 4.23. The summed E-state index contributed by atoms with van der Waals surface area (Å²) in [6.07, 6.45) is 5.10. The molecule has 0 fully saturated rings. The smallest absolute Gasteiger partial charge is 0.338 e. The van der Waals surface area contributed by atoms with Crippen molar-refractivity contribution in [3.8, 4) is 6.07 Å². The molecule has 8 heteroatoms. The van der Waals surface area contributed by atoms with Gasteiger partial charge in [0.1, 0.15) is 11.7 Å². The molecule has 146 valence electrons. The number of halogens is 1. The SMILES string of the molecule is CCOC(=O)c1ccc(NC2=NC=C(Nc3ccc(C#N)cc3)NC=C2)c(Cl)c1. The molecule has 2 aromatic carbocycles.